The van der Waals surface area contributed by atoms with E-state index < -0.39 is 0 Å². The first-order valence-corrected chi connectivity index (χ1v) is 11.4. The molecule has 0 radical (unpaired) electrons. The number of hydrogen-bond acceptors (Lipinski definition) is 5. The van der Waals surface area contributed by atoms with Crippen molar-refractivity contribution in [1.82, 2.24) is 9.80 Å². The summed E-state index contributed by atoms with van der Waals surface area (Å²) in [5.74, 6) is -0.0202. The number of anilines is 2. The van der Waals surface area contributed by atoms with Crippen molar-refractivity contribution in [2.45, 2.75) is 12.8 Å². The molecule has 2 fully saturated rings. The fourth-order valence-corrected chi connectivity index (χ4v) is 4.56. The van der Waals surface area contributed by atoms with Crippen LogP contribution in [0.15, 0.2) is 48.5 Å². The van der Waals surface area contributed by atoms with Gasteiger partial charge in [-0.25, -0.2) is 4.39 Å². The Morgan fingerprint density at radius 2 is 1.59 bits per heavy atom. The Hall–Kier alpha value is -3.11. The Bertz CT molecular complexity index is 950. The predicted octanol–water partition coefficient (Wildman–Crippen LogP) is 2.95. The second kappa shape index (κ2) is 10.5. The van der Waals surface area contributed by atoms with E-state index in [1.54, 1.807) is 12.1 Å². The van der Waals surface area contributed by atoms with E-state index in [-0.39, 0.29) is 11.7 Å². The van der Waals surface area contributed by atoms with Gasteiger partial charge in [0.1, 0.15) is 11.9 Å². The number of nitriles is 1. The van der Waals surface area contributed by atoms with Gasteiger partial charge in [-0.2, -0.15) is 5.26 Å². The van der Waals surface area contributed by atoms with Gasteiger partial charge in [-0.15, -0.1) is 0 Å². The van der Waals surface area contributed by atoms with Crippen molar-refractivity contribution in [2.24, 2.45) is 0 Å². The zero-order chi connectivity index (χ0) is 22.3. The number of para-hydroxylation sites is 1. The van der Waals surface area contributed by atoms with Crippen LogP contribution in [0.3, 0.4) is 0 Å². The first-order chi connectivity index (χ1) is 15.6. The normalized spacial score (nSPS) is 17.7. The molecule has 2 saturated heterocycles. The third kappa shape index (κ3) is 5.38. The van der Waals surface area contributed by atoms with E-state index in [1.807, 2.05) is 29.2 Å². The van der Waals surface area contributed by atoms with Crippen LogP contribution < -0.4 is 9.80 Å². The van der Waals surface area contributed by atoms with Crippen LogP contribution >= 0.6 is 0 Å². The van der Waals surface area contributed by atoms with E-state index in [4.69, 9.17) is 0 Å². The molecule has 2 heterocycles. The molecular weight excluding hydrogens is 405 g/mol. The van der Waals surface area contributed by atoms with E-state index in [2.05, 4.69) is 20.8 Å². The summed E-state index contributed by atoms with van der Waals surface area (Å²) in [5.41, 5.74) is 2.73. The van der Waals surface area contributed by atoms with Crippen molar-refractivity contribution in [3.8, 4) is 6.07 Å². The van der Waals surface area contributed by atoms with Gasteiger partial charge in [0.25, 0.3) is 0 Å². The SMILES string of the molecule is N#Cc1ccccc1N1CCCN(CCC(=O)N2CCN(c3ccc(F)cc3)CC2)CC1. The van der Waals surface area contributed by atoms with Crippen LogP contribution in [0.2, 0.25) is 0 Å². The summed E-state index contributed by atoms with van der Waals surface area (Å²) in [4.78, 5) is 21.6. The third-order valence-corrected chi connectivity index (χ3v) is 6.42. The highest BCUT2D eigenvalue weighted by molar-refractivity contribution is 5.76. The summed E-state index contributed by atoms with van der Waals surface area (Å²) >= 11 is 0. The van der Waals surface area contributed by atoms with Gasteiger partial charge in [0, 0.05) is 64.5 Å². The number of benzene rings is 2. The zero-order valence-corrected chi connectivity index (χ0v) is 18.4. The zero-order valence-electron chi connectivity index (χ0n) is 18.4. The number of piperazine rings is 1. The van der Waals surface area contributed by atoms with E-state index in [9.17, 15) is 14.4 Å². The van der Waals surface area contributed by atoms with Gasteiger partial charge < -0.3 is 19.6 Å². The molecule has 1 amide bonds. The van der Waals surface area contributed by atoms with Crippen molar-refractivity contribution in [2.75, 3.05) is 68.7 Å². The molecule has 168 valence electrons. The average Bonchev–Trinajstić information content (AvgIpc) is 3.09. The van der Waals surface area contributed by atoms with Crippen molar-refractivity contribution in [3.05, 3.63) is 59.9 Å². The molecule has 0 saturated carbocycles. The standard InChI is InChI=1S/C25H30FN5O/c26-22-6-8-23(9-7-22)29-16-18-31(19-17-29)25(32)10-13-28-11-3-12-30(15-14-28)24-5-2-1-4-21(24)20-27/h1-2,4-9H,3,10-19H2. The minimum absolute atomic E-state index is 0.208. The minimum Gasteiger partial charge on any atom is -0.369 e. The summed E-state index contributed by atoms with van der Waals surface area (Å²) in [6.45, 7) is 7.37. The molecule has 2 aromatic rings. The Morgan fingerprint density at radius 1 is 0.875 bits per heavy atom. The molecule has 0 N–H and O–H groups in total. The Balaban J connectivity index is 1.22. The highest BCUT2D eigenvalue weighted by Crippen LogP contribution is 2.21. The highest BCUT2D eigenvalue weighted by Gasteiger charge is 2.23. The molecule has 0 bridgehead atoms. The lowest BCUT2D eigenvalue weighted by molar-refractivity contribution is -0.131. The first kappa shape index (κ1) is 22.1. The molecule has 0 aromatic heterocycles. The Labute approximate surface area is 189 Å². The van der Waals surface area contributed by atoms with E-state index in [0.717, 1.165) is 69.2 Å². The highest BCUT2D eigenvalue weighted by atomic mass is 19.1. The quantitative estimate of drug-likeness (QED) is 0.723. The lowest BCUT2D eigenvalue weighted by Gasteiger charge is -2.36. The second-order valence-corrected chi connectivity index (χ2v) is 8.41. The van der Waals surface area contributed by atoms with Crippen molar-refractivity contribution in [1.29, 1.82) is 5.26 Å². The van der Waals surface area contributed by atoms with Gasteiger partial charge in [0.15, 0.2) is 0 Å². The maximum Gasteiger partial charge on any atom is 0.223 e. The molecule has 0 spiro atoms. The van der Waals surface area contributed by atoms with Crippen LogP contribution in [-0.4, -0.2) is 74.6 Å². The van der Waals surface area contributed by atoms with Crippen LogP contribution in [0.25, 0.3) is 0 Å². The van der Waals surface area contributed by atoms with Crippen LogP contribution in [0.5, 0.6) is 0 Å². The number of carbonyl (C=O) groups excluding carboxylic acids is 1. The monoisotopic (exact) mass is 435 g/mol. The van der Waals surface area contributed by atoms with Crippen LogP contribution in [0.4, 0.5) is 15.8 Å². The number of rotatable bonds is 5. The largest absolute Gasteiger partial charge is 0.369 e. The fraction of sp³-hybridized carbons (Fsp3) is 0.440. The second-order valence-electron chi connectivity index (χ2n) is 8.41. The minimum atomic E-state index is -0.228. The van der Waals surface area contributed by atoms with Gasteiger partial charge in [0.05, 0.1) is 11.3 Å². The Morgan fingerprint density at radius 3 is 2.34 bits per heavy atom. The number of nitrogens with zero attached hydrogens (tertiary/aromatic N) is 5. The maximum atomic E-state index is 13.1. The maximum absolute atomic E-state index is 13.1. The van der Waals surface area contributed by atoms with Crippen molar-refractivity contribution >= 4 is 17.3 Å². The molecule has 4 rings (SSSR count). The predicted molar refractivity (Wildman–Crippen MR) is 124 cm³/mol. The first-order valence-electron chi connectivity index (χ1n) is 11.4. The summed E-state index contributed by atoms with van der Waals surface area (Å²) in [6, 6.07) is 16.6. The van der Waals surface area contributed by atoms with Crippen LogP contribution in [0.1, 0.15) is 18.4 Å². The molecule has 6 nitrogen and oxygen atoms in total. The summed E-state index contributed by atoms with van der Waals surface area (Å²) < 4.78 is 13.1. The molecule has 0 unspecified atom stereocenters. The molecule has 2 aromatic carbocycles. The van der Waals surface area contributed by atoms with Gasteiger partial charge >= 0.3 is 0 Å². The van der Waals surface area contributed by atoms with Crippen molar-refractivity contribution < 1.29 is 9.18 Å². The smallest absolute Gasteiger partial charge is 0.223 e. The third-order valence-electron chi connectivity index (χ3n) is 6.42. The van der Waals surface area contributed by atoms with Gasteiger partial charge in [0.2, 0.25) is 5.91 Å². The topological polar surface area (TPSA) is 53.8 Å². The van der Waals surface area contributed by atoms with Crippen LogP contribution in [0, 0.1) is 17.1 Å². The Kier molecular flexibility index (Phi) is 7.23. The molecule has 2 aliphatic rings. The molecular formula is C25H30FN5O. The summed E-state index contributed by atoms with van der Waals surface area (Å²) in [5, 5.41) is 9.39. The van der Waals surface area contributed by atoms with E-state index in [0.29, 0.717) is 19.5 Å². The number of hydrogen-bond donors (Lipinski definition) is 0. The molecule has 32 heavy (non-hydrogen) atoms. The summed E-state index contributed by atoms with van der Waals surface area (Å²) in [7, 11) is 0. The van der Waals surface area contributed by atoms with Crippen LogP contribution in [-0.2, 0) is 4.79 Å². The van der Waals surface area contributed by atoms with Crippen molar-refractivity contribution in [3.63, 3.8) is 0 Å². The average molecular weight is 436 g/mol. The van der Waals surface area contributed by atoms with Gasteiger partial charge in [-0.1, -0.05) is 12.1 Å². The number of halogens is 1. The molecule has 7 heteroatoms. The van der Waals surface area contributed by atoms with Gasteiger partial charge in [-0.3, -0.25) is 4.79 Å². The van der Waals surface area contributed by atoms with Gasteiger partial charge in [-0.05, 0) is 49.4 Å². The fourth-order valence-electron chi connectivity index (χ4n) is 4.56. The molecule has 0 atom stereocenters. The van der Waals surface area contributed by atoms with E-state index >= 15 is 0 Å². The molecule has 2 aliphatic heterocycles. The molecule has 0 aliphatic carbocycles. The van der Waals surface area contributed by atoms with E-state index in [1.165, 1.54) is 12.1 Å². The number of amides is 1. The lowest BCUT2D eigenvalue weighted by Crippen LogP contribution is -2.49. The number of carbonyl (C=O) groups is 1. The lowest BCUT2D eigenvalue weighted by atomic mass is 10.1. The summed E-state index contributed by atoms with van der Waals surface area (Å²) in [6.07, 6.45) is 1.55.